The number of nitrogens with zero attached hydrogens (tertiary/aromatic N) is 3. The second-order valence-electron chi connectivity index (χ2n) is 5.71. The highest BCUT2D eigenvalue weighted by Crippen LogP contribution is 2.22. The Hall–Kier alpha value is -3.47. The first kappa shape index (κ1) is 15.1. The minimum absolute atomic E-state index is 0.0737. The molecule has 0 unspecified atom stereocenters. The molecule has 3 aromatic carbocycles. The van der Waals surface area contributed by atoms with Gasteiger partial charge >= 0.3 is 0 Å². The van der Waals surface area contributed by atoms with Gasteiger partial charge in [-0.2, -0.15) is 15.0 Å². The van der Waals surface area contributed by atoms with Crippen LogP contribution < -0.4 is 5.32 Å². The zero-order valence-electron chi connectivity index (χ0n) is 13.5. The van der Waals surface area contributed by atoms with Crippen LogP contribution in [-0.4, -0.2) is 20.9 Å². The van der Waals surface area contributed by atoms with E-state index in [-0.39, 0.29) is 12.5 Å². The van der Waals surface area contributed by atoms with Gasteiger partial charge in [0.25, 0.3) is 0 Å². The minimum Gasteiger partial charge on any atom is -0.324 e. The largest absolute Gasteiger partial charge is 0.324 e. The summed E-state index contributed by atoms with van der Waals surface area (Å²) in [6.07, 6.45) is 0. The number of nitrogens with one attached hydrogen (secondary N) is 1. The lowest BCUT2D eigenvalue weighted by atomic mass is 10.1. The first-order valence-electron chi connectivity index (χ1n) is 8.03. The Labute approximate surface area is 144 Å². The number of amides is 1. The number of hydrogen-bond acceptors (Lipinski definition) is 3. The highest BCUT2D eigenvalue weighted by molar-refractivity contribution is 5.90. The number of para-hydroxylation sites is 1. The maximum Gasteiger partial charge on any atom is 0.247 e. The van der Waals surface area contributed by atoms with Gasteiger partial charge < -0.3 is 5.32 Å². The van der Waals surface area contributed by atoms with E-state index in [0.29, 0.717) is 0 Å². The second kappa shape index (κ2) is 6.57. The van der Waals surface area contributed by atoms with Crippen molar-refractivity contribution in [3.05, 3.63) is 78.9 Å². The van der Waals surface area contributed by atoms with Gasteiger partial charge in [-0.3, -0.25) is 4.79 Å². The molecule has 0 aliphatic heterocycles. The van der Waals surface area contributed by atoms with E-state index < -0.39 is 0 Å². The fraction of sp³-hybridized carbons (Fsp3) is 0.0500. The molecule has 0 fully saturated rings. The Morgan fingerprint density at radius 3 is 2.24 bits per heavy atom. The molecule has 5 heteroatoms. The summed E-state index contributed by atoms with van der Waals surface area (Å²) < 4.78 is 0. The number of benzene rings is 3. The van der Waals surface area contributed by atoms with Gasteiger partial charge in [0.1, 0.15) is 17.6 Å². The van der Waals surface area contributed by atoms with Crippen LogP contribution >= 0.6 is 0 Å². The van der Waals surface area contributed by atoms with E-state index in [1.807, 2.05) is 66.7 Å². The average molecular weight is 328 g/mol. The molecule has 0 aliphatic carbocycles. The molecule has 122 valence electrons. The van der Waals surface area contributed by atoms with E-state index in [4.69, 9.17) is 0 Å². The fourth-order valence-corrected chi connectivity index (χ4v) is 2.69. The van der Waals surface area contributed by atoms with E-state index in [1.54, 1.807) is 0 Å². The highest BCUT2D eigenvalue weighted by atomic mass is 16.2. The monoisotopic (exact) mass is 328 g/mol. The molecule has 1 amide bonds. The van der Waals surface area contributed by atoms with Gasteiger partial charge in [-0.25, -0.2) is 0 Å². The Morgan fingerprint density at radius 1 is 0.800 bits per heavy atom. The Kier molecular flexibility index (Phi) is 3.96. The molecule has 5 nitrogen and oxygen atoms in total. The van der Waals surface area contributed by atoms with Crippen molar-refractivity contribution in [2.24, 2.45) is 0 Å². The number of carbonyl (C=O) groups excluding carboxylic acids is 1. The third-order valence-electron chi connectivity index (χ3n) is 3.87. The summed E-state index contributed by atoms with van der Waals surface area (Å²) in [4.78, 5) is 13.6. The molecular formula is C20H16N4O. The number of carbonyl (C=O) groups is 1. The van der Waals surface area contributed by atoms with E-state index >= 15 is 0 Å². The Balaban J connectivity index is 1.54. The third kappa shape index (κ3) is 3.40. The molecule has 1 N–H and O–H groups in total. The smallest absolute Gasteiger partial charge is 0.247 e. The van der Waals surface area contributed by atoms with Crippen molar-refractivity contribution in [3.63, 3.8) is 0 Å². The van der Waals surface area contributed by atoms with Crippen LogP contribution in [0.5, 0.6) is 0 Å². The average Bonchev–Trinajstić information content (AvgIpc) is 3.04. The molecule has 0 saturated carbocycles. The predicted molar refractivity (Wildman–Crippen MR) is 98.0 cm³/mol. The van der Waals surface area contributed by atoms with Crippen LogP contribution in [0.25, 0.3) is 22.2 Å². The first-order valence-corrected chi connectivity index (χ1v) is 8.03. The molecule has 0 aliphatic rings. The molecule has 0 spiro atoms. The molecule has 0 atom stereocenters. The second-order valence-corrected chi connectivity index (χ2v) is 5.71. The SMILES string of the molecule is O=C(Cn1nc2ccc(-c3ccccc3)cc2n1)Nc1ccccc1. The number of aromatic nitrogens is 3. The summed E-state index contributed by atoms with van der Waals surface area (Å²) >= 11 is 0. The molecule has 0 bridgehead atoms. The summed E-state index contributed by atoms with van der Waals surface area (Å²) in [5, 5.41) is 11.6. The predicted octanol–water partition coefficient (Wildman–Crippen LogP) is 3.74. The van der Waals surface area contributed by atoms with Crippen LogP contribution in [0.4, 0.5) is 5.69 Å². The van der Waals surface area contributed by atoms with Crippen LogP contribution in [0, 0.1) is 0 Å². The maximum absolute atomic E-state index is 12.1. The first-order chi connectivity index (χ1) is 12.3. The molecule has 1 heterocycles. The van der Waals surface area contributed by atoms with Gasteiger partial charge in [-0.05, 0) is 35.4 Å². The quantitative estimate of drug-likeness (QED) is 0.621. The molecule has 25 heavy (non-hydrogen) atoms. The molecule has 0 radical (unpaired) electrons. The van der Waals surface area contributed by atoms with Gasteiger partial charge in [0.2, 0.25) is 5.91 Å². The molecule has 4 aromatic rings. The van der Waals surface area contributed by atoms with Gasteiger partial charge in [0.05, 0.1) is 0 Å². The van der Waals surface area contributed by atoms with Crippen LogP contribution in [0.3, 0.4) is 0 Å². The highest BCUT2D eigenvalue weighted by Gasteiger charge is 2.09. The van der Waals surface area contributed by atoms with Crippen molar-refractivity contribution in [1.29, 1.82) is 0 Å². The standard InChI is InChI=1S/C20H16N4O/c25-20(21-17-9-5-2-6-10-17)14-24-22-18-12-11-16(13-19(18)23-24)15-7-3-1-4-8-15/h1-13H,14H2,(H,21,25). The Bertz CT molecular complexity index is 1010. The van der Waals surface area contributed by atoms with Crippen LogP contribution in [-0.2, 0) is 11.3 Å². The van der Waals surface area contributed by atoms with Crippen LogP contribution in [0.2, 0.25) is 0 Å². The van der Waals surface area contributed by atoms with Crippen molar-refractivity contribution >= 4 is 22.6 Å². The molecule has 0 saturated heterocycles. The van der Waals surface area contributed by atoms with E-state index in [1.165, 1.54) is 4.80 Å². The van der Waals surface area contributed by atoms with E-state index in [0.717, 1.165) is 27.8 Å². The van der Waals surface area contributed by atoms with Crippen LogP contribution in [0.15, 0.2) is 78.9 Å². The van der Waals surface area contributed by atoms with E-state index in [2.05, 4.69) is 27.6 Å². The van der Waals surface area contributed by atoms with Crippen LogP contribution in [0.1, 0.15) is 0 Å². The number of hydrogen-bond donors (Lipinski definition) is 1. The Morgan fingerprint density at radius 2 is 1.48 bits per heavy atom. The lowest BCUT2D eigenvalue weighted by Gasteiger charge is -2.03. The van der Waals surface area contributed by atoms with Crippen molar-refractivity contribution in [1.82, 2.24) is 15.0 Å². The van der Waals surface area contributed by atoms with E-state index in [9.17, 15) is 4.79 Å². The number of anilines is 1. The maximum atomic E-state index is 12.1. The minimum atomic E-state index is -0.158. The summed E-state index contributed by atoms with van der Waals surface area (Å²) in [6.45, 7) is 0.0737. The number of fused-ring (bicyclic) bond motifs is 1. The lowest BCUT2D eigenvalue weighted by molar-refractivity contribution is -0.117. The van der Waals surface area contributed by atoms with Gasteiger partial charge in [0, 0.05) is 5.69 Å². The van der Waals surface area contributed by atoms with Crippen molar-refractivity contribution in [2.75, 3.05) is 5.32 Å². The van der Waals surface area contributed by atoms with Crippen molar-refractivity contribution < 1.29 is 4.79 Å². The summed E-state index contributed by atoms with van der Waals surface area (Å²) in [5.74, 6) is -0.158. The van der Waals surface area contributed by atoms with Gasteiger partial charge in [-0.1, -0.05) is 54.6 Å². The molecule has 4 rings (SSSR count). The summed E-state index contributed by atoms with van der Waals surface area (Å²) in [5.41, 5.74) is 4.51. The summed E-state index contributed by atoms with van der Waals surface area (Å²) in [7, 11) is 0. The topological polar surface area (TPSA) is 59.8 Å². The van der Waals surface area contributed by atoms with Gasteiger partial charge in [-0.15, -0.1) is 0 Å². The van der Waals surface area contributed by atoms with Crippen molar-refractivity contribution in [3.8, 4) is 11.1 Å². The third-order valence-corrected chi connectivity index (χ3v) is 3.87. The fourth-order valence-electron chi connectivity index (χ4n) is 2.69. The zero-order valence-corrected chi connectivity index (χ0v) is 13.5. The zero-order chi connectivity index (χ0) is 17.1. The molecular weight excluding hydrogens is 312 g/mol. The lowest BCUT2D eigenvalue weighted by Crippen LogP contribution is -2.20. The number of rotatable bonds is 4. The normalized spacial score (nSPS) is 10.7. The molecule has 1 aromatic heterocycles. The van der Waals surface area contributed by atoms with Crippen molar-refractivity contribution in [2.45, 2.75) is 6.54 Å². The summed E-state index contributed by atoms with van der Waals surface area (Å²) in [6, 6.07) is 25.4. The van der Waals surface area contributed by atoms with Gasteiger partial charge in [0.15, 0.2) is 0 Å².